The molecule has 5 heteroatoms. The lowest BCUT2D eigenvalue weighted by atomic mass is 10.1. The molecule has 0 amide bonds. The molecule has 1 heterocycles. The van der Waals surface area contributed by atoms with E-state index < -0.39 is 11.9 Å². The van der Waals surface area contributed by atoms with Gasteiger partial charge in [-0.05, 0) is 6.42 Å². The topological polar surface area (TPSA) is 69.4 Å². The van der Waals surface area contributed by atoms with Crippen molar-refractivity contribution in [3.05, 3.63) is 18.0 Å². The SMILES string of the molecule is CCCCCCCCCCCC(=O)OC(=O)c1ccon1. The van der Waals surface area contributed by atoms with Gasteiger partial charge in [-0.25, -0.2) is 4.79 Å². The molecule has 0 spiro atoms. The maximum absolute atomic E-state index is 11.5. The van der Waals surface area contributed by atoms with Gasteiger partial charge in [0.1, 0.15) is 6.26 Å². The Bertz CT molecular complexity index is 400. The van der Waals surface area contributed by atoms with Crippen LogP contribution in [0.3, 0.4) is 0 Å². The lowest BCUT2D eigenvalue weighted by Gasteiger charge is -2.02. The van der Waals surface area contributed by atoms with Crippen LogP contribution in [0.4, 0.5) is 0 Å². The van der Waals surface area contributed by atoms with Crippen LogP contribution in [0.15, 0.2) is 16.9 Å². The molecule has 1 rings (SSSR count). The van der Waals surface area contributed by atoms with Gasteiger partial charge in [0.05, 0.1) is 0 Å². The second-order valence-electron chi connectivity index (χ2n) is 5.22. The van der Waals surface area contributed by atoms with Crippen molar-refractivity contribution < 1.29 is 18.8 Å². The summed E-state index contributed by atoms with van der Waals surface area (Å²) in [6, 6.07) is 1.37. The lowest BCUT2D eigenvalue weighted by Crippen LogP contribution is -2.12. The molecule has 0 saturated heterocycles. The zero-order valence-electron chi connectivity index (χ0n) is 12.8. The number of rotatable bonds is 11. The summed E-state index contributed by atoms with van der Waals surface area (Å²) in [4.78, 5) is 22.9. The van der Waals surface area contributed by atoms with E-state index in [2.05, 4.69) is 21.3 Å². The van der Waals surface area contributed by atoms with E-state index in [4.69, 9.17) is 0 Å². The molecule has 0 aliphatic rings. The van der Waals surface area contributed by atoms with Crippen LogP contribution in [0.1, 0.15) is 81.6 Å². The minimum Gasteiger partial charge on any atom is -0.388 e. The van der Waals surface area contributed by atoms with Gasteiger partial charge in [0.15, 0.2) is 5.69 Å². The van der Waals surface area contributed by atoms with Crippen LogP contribution in [0, 0.1) is 0 Å². The Morgan fingerprint density at radius 3 is 2.24 bits per heavy atom. The van der Waals surface area contributed by atoms with Crippen molar-refractivity contribution in [2.24, 2.45) is 0 Å². The fraction of sp³-hybridized carbons (Fsp3) is 0.688. The zero-order valence-corrected chi connectivity index (χ0v) is 12.8. The fourth-order valence-electron chi connectivity index (χ4n) is 2.10. The summed E-state index contributed by atoms with van der Waals surface area (Å²) in [5.41, 5.74) is 0.0235. The molecule has 0 atom stereocenters. The molecule has 1 aromatic rings. The van der Waals surface area contributed by atoms with Gasteiger partial charge in [0.2, 0.25) is 0 Å². The average Bonchev–Trinajstić information content (AvgIpc) is 3.00. The van der Waals surface area contributed by atoms with Gasteiger partial charge in [-0.15, -0.1) is 0 Å². The molecule has 0 unspecified atom stereocenters. The lowest BCUT2D eigenvalue weighted by molar-refractivity contribution is -0.138. The van der Waals surface area contributed by atoms with Crippen molar-refractivity contribution in [2.45, 2.75) is 71.1 Å². The minimum atomic E-state index is -0.746. The number of hydrogen-bond donors (Lipinski definition) is 0. The smallest absolute Gasteiger partial charge is 0.368 e. The summed E-state index contributed by atoms with van der Waals surface area (Å²) >= 11 is 0. The number of unbranched alkanes of at least 4 members (excludes halogenated alkanes) is 8. The summed E-state index contributed by atoms with van der Waals surface area (Å²) in [5.74, 6) is -1.24. The maximum atomic E-state index is 11.5. The molecule has 0 saturated carbocycles. The molecule has 0 N–H and O–H groups in total. The van der Waals surface area contributed by atoms with E-state index in [9.17, 15) is 9.59 Å². The Morgan fingerprint density at radius 1 is 1.05 bits per heavy atom. The molecule has 1 aromatic heterocycles. The Hall–Kier alpha value is -1.65. The van der Waals surface area contributed by atoms with Gasteiger partial charge in [-0.3, -0.25) is 4.79 Å². The monoisotopic (exact) mass is 295 g/mol. The van der Waals surface area contributed by atoms with E-state index in [0.717, 1.165) is 19.3 Å². The molecule has 0 aromatic carbocycles. The van der Waals surface area contributed by atoms with Crippen LogP contribution < -0.4 is 0 Å². The molecular formula is C16H25NO4. The van der Waals surface area contributed by atoms with Crippen molar-refractivity contribution in [2.75, 3.05) is 0 Å². The number of carbonyl (C=O) groups excluding carboxylic acids is 2. The van der Waals surface area contributed by atoms with Crippen molar-refractivity contribution in [1.29, 1.82) is 0 Å². The normalized spacial score (nSPS) is 10.5. The Balaban J connectivity index is 1.95. The Labute approximate surface area is 126 Å². The largest absolute Gasteiger partial charge is 0.388 e. The van der Waals surface area contributed by atoms with Gasteiger partial charge in [0, 0.05) is 12.5 Å². The van der Waals surface area contributed by atoms with Gasteiger partial charge in [-0.1, -0.05) is 63.4 Å². The summed E-state index contributed by atoms with van der Waals surface area (Å²) in [6.07, 6.45) is 12.2. The fourth-order valence-corrected chi connectivity index (χ4v) is 2.10. The van der Waals surface area contributed by atoms with E-state index in [1.54, 1.807) is 0 Å². The van der Waals surface area contributed by atoms with Crippen LogP contribution in [0.2, 0.25) is 0 Å². The third-order valence-corrected chi connectivity index (χ3v) is 3.34. The van der Waals surface area contributed by atoms with E-state index in [1.165, 1.54) is 50.9 Å². The first-order chi connectivity index (χ1) is 10.2. The van der Waals surface area contributed by atoms with Crippen molar-refractivity contribution in [3.63, 3.8) is 0 Å². The van der Waals surface area contributed by atoms with Crippen molar-refractivity contribution in [3.8, 4) is 0 Å². The predicted octanol–water partition coefficient (Wildman–Crippen LogP) is 4.28. The molecule has 0 aliphatic carbocycles. The van der Waals surface area contributed by atoms with Crippen LogP contribution in [0.25, 0.3) is 0 Å². The highest BCUT2D eigenvalue weighted by atomic mass is 16.6. The Kier molecular flexibility index (Phi) is 9.16. The molecular weight excluding hydrogens is 270 g/mol. The first kappa shape index (κ1) is 17.4. The highest BCUT2D eigenvalue weighted by Crippen LogP contribution is 2.11. The summed E-state index contributed by atoms with van der Waals surface area (Å²) in [6.45, 7) is 2.21. The van der Waals surface area contributed by atoms with E-state index in [-0.39, 0.29) is 12.1 Å². The number of carbonyl (C=O) groups is 2. The van der Waals surface area contributed by atoms with Gasteiger partial charge in [0.25, 0.3) is 0 Å². The molecule has 5 nitrogen and oxygen atoms in total. The van der Waals surface area contributed by atoms with Crippen molar-refractivity contribution >= 4 is 11.9 Å². The molecule has 118 valence electrons. The second-order valence-corrected chi connectivity index (χ2v) is 5.22. The first-order valence-electron chi connectivity index (χ1n) is 7.89. The zero-order chi connectivity index (χ0) is 15.3. The van der Waals surface area contributed by atoms with Crippen molar-refractivity contribution in [1.82, 2.24) is 5.16 Å². The third kappa shape index (κ3) is 8.27. The molecule has 0 fully saturated rings. The van der Waals surface area contributed by atoms with E-state index >= 15 is 0 Å². The third-order valence-electron chi connectivity index (χ3n) is 3.34. The predicted molar refractivity (Wildman–Crippen MR) is 78.8 cm³/mol. The number of esters is 2. The molecule has 0 bridgehead atoms. The standard InChI is InChI=1S/C16H25NO4/c1-2-3-4-5-6-7-8-9-10-11-15(18)21-16(19)14-12-13-20-17-14/h12-13H,2-11H2,1H3. The number of ether oxygens (including phenoxy) is 1. The second kappa shape index (κ2) is 11.1. The molecule has 0 radical (unpaired) electrons. The van der Waals surface area contributed by atoms with E-state index in [1.807, 2.05) is 0 Å². The minimum absolute atomic E-state index is 0.0235. The maximum Gasteiger partial charge on any atom is 0.368 e. The van der Waals surface area contributed by atoms with Crippen LogP contribution in [-0.2, 0) is 9.53 Å². The Morgan fingerprint density at radius 2 is 1.67 bits per heavy atom. The quantitative estimate of drug-likeness (QED) is 0.346. The van der Waals surface area contributed by atoms with Crippen LogP contribution in [-0.4, -0.2) is 17.1 Å². The summed E-state index contributed by atoms with van der Waals surface area (Å²) in [5, 5.41) is 3.42. The molecule has 21 heavy (non-hydrogen) atoms. The average molecular weight is 295 g/mol. The summed E-state index contributed by atoms with van der Waals surface area (Å²) < 4.78 is 9.18. The summed E-state index contributed by atoms with van der Waals surface area (Å²) in [7, 11) is 0. The highest BCUT2D eigenvalue weighted by molar-refractivity contribution is 5.95. The number of aromatic nitrogens is 1. The van der Waals surface area contributed by atoms with Gasteiger partial charge in [-0.2, -0.15) is 0 Å². The van der Waals surface area contributed by atoms with Crippen LogP contribution >= 0.6 is 0 Å². The first-order valence-corrected chi connectivity index (χ1v) is 7.89. The van der Waals surface area contributed by atoms with Crippen LogP contribution in [0.5, 0.6) is 0 Å². The number of nitrogens with zero attached hydrogens (tertiary/aromatic N) is 1. The van der Waals surface area contributed by atoms with Gasteiger partial charge >= 0.3 is 11.9 Å². The van der Waals surface area contributed by atoms with E-state index in [0.29, 0.717) is 0 Å². The van der Waals surface area contributed by atoms with Gasteiger partial charge < -0.3 is 9.26 Å². The number of hydrogen-bond acceptors (Lipinski definition) is 5. The molecule has 0 aliphatic heterocycles. The highest BCUT2D eigenvalue weighted by Gasteiger charge is 2.15.